The van der Waals surface area contributed by atoms with E-state index in [0.29, 0.717) is 50.8 Å². The number of non-ortho nitro benzene ring substituents is 1. The summed E-state index contributed by atoms with van der Waals surface area (Å²) in [4.78, 5) is 24.7. The van der Waals surface area contributed by atoms with Crippen LogP contribution in [-0.4, -0.2) is 65.5 Å². The van der Waals surface area contributed by atoms with Crippen molar-refractivity contribution >= 4 is 17.5 Å². The molecule has 29 heavy (non-hydrogen) atoms. The number of aliphatic hydroxyl groups excluding tert-OH is 1. The Morgan fingerprint density at radius 3 is 2.52 bits per heavy atom. The number of aliphatic hydroxyl groups is 1. The van der Waals surface area contributed by atoms with Gasteiger partial charge in [-0.15, -0.1) is 0 Å². The van der Waals surface area contributed by atoms with Gasteiger partial charge in [0.05, 0.1) is 29.9 Å². The number of hydrogen-bond acceptors (Lipinski definition) is 8. The maximum absolute atomic E-state index is 11.3. The zero-order valence-corrected chi connectivity index (χ0v) is 16.5. The summed E-state index contributed by atoms with van der Waals surface area (Å²) in [6, 6.07) is 6.74. The molecule has 0 aliphatic carbocycles. The highest BCUT2D eigenvalue weighted by atomic mass is 16.6. The van der Waals surface area contributed by atoms with Crippen LogP contribution in [0.2, 0.25) is 0 Å². The molecule has 1 aromatic carbocycles. The Morgan fingerprint density at radius 2 is 1.83 bits per heavy atom. The van der Waals surface area contributed by atoms with Crippen LogP contribution in [0.5, 0.6) is 0 Å². The molecular weight excluding hydrogens is 374 g/mol. The van der Waals surface area contributed by atoms with Gasteiger partial charge in [0, 0.05) is 49.9 Å². The quantitative estimate of drug-likeness (QED) is 0.616. The third kappa shape index (κ3) is 4.30. The highest BCUT2D eigenvalue weighted by molar-refractivity contribution is 5.70. The van der Waals surface area contributed by atoms with E-state index in [1.165, 1.54) is 6.07 Å². The van der Waals surface area contributed by atoms with E-state index in [0.717, 1.165) is 30.0 Å². The molecule has 0 bridgehead atoms. The van der Waals surface area contributed by atoms with Crippen molar-refractivity contribution in [2.24, 2.45) is 0 Å². The summed E-state index contributed by atoms with van der Waals surface area (Å²) < 4.78 is 5.46. The number of nitro benzene ring substituents is 1. The number of nitrogens with zero attached hydrogens (tertiary/aromatic N) is 5. The zero-order chi connectivity index (χ0) is 20.4. The highest BCUT2D eigenvalue weighted by Crippen LogP contribution is 2.31. The molecule has 9 nitrogen and oxygen atoms in total. The molecule has 0 saturated carbocycles. The van der Waals surface area contributed by atoms with Gasteiger partial charge in [0.2, 0.25) is 5.95 Å². The molecule has 0 unspecified atom stereocenters. The van der Waals surface area contributed by atoms with Crippen LogP contribution in [0.3, 0.4) is 0 Å². The van der Waals surface area contributed by atoms with Crippen molar-refractivity contribution in [2.75, 3.05) is 49.2 Å². The molecule has 154 valence electrons. The Balaban J connectivity index is 1.77. The number of piperidine rings is 1. The number of nitro groups is 1. The lowest BCUT2D eigenvalue weighted by molar-refractivity contribution is -0.384. The number of aromatic nitrogens is 2. The normalized spacial score (nSPS) is 18.1. The second kappa shape index (κ2) is 8.30. The van der Waals surface area contributed by atoms with Crippen molar-refractivity contribution in [1.82, 2.24) is 9.97 Å². The van der Waals surface area contributed by atoms with Gasteiger partial charge in [-0.2, -0.15) is 4.98 Å². The minimum absolute atomic E-state index is 0.0415. The average molecular weight is 399 g/mol. The average Bonchev–Trinajstić information content (AvgIpc) is 2.74. The Kier molecular flexibility index (Phi) is 5.59. The molecule has 2 aliphatic rings. The van der Waals surface area contributed by atoms with Gasteiger partial charge in [0.25, 0.3) is 5.69 Å². The summed E-state index contributed by atoms with van der Waals surface area (Å²) in [7, 11) is 0. The number of morpholine rings is 1. The number of hydrogen-bond donors (Lipinski definition) is 1. The van der Waals surface area contributed by atoms with Crippen LogP contribution >= 0.6 is 0 Å². The molecule has 2 aromatic rings. The van der Waals surface area contributed by atoms with Crippen LogP contribution < -0.4 is 9.80 Å². The molecule has 1 aromatic heterocycles. The van der Waals surface area contributed by atoms with E-state index in [4.69, 9.17) is 14.7 Å². The fourth-order valence-electron chi connectivity index (χ4n) is 3.72. The fraction of sp³-hybridized carbons (Fsp3) is 0.500. The summed E-state index contributed by atoms with van der Waals surface area (Å²) in [5, 5.41) is 21.1. The summed E-state index contributed by atoms with van der Waals surface area (Å²) in [5.74, 6) is 1.40. The molecule has 2 saturated heterocycles. The van der Waals surface area contributed by atoms with Gasteiger partial charge in [0.1, 0.15) is 5.82 Å². The lowest BCUT2D eigenvalue weighted by Crippen LogP contribution is -2.39. The van der Waals surface area contributed by atoms with Crippen molar-refractivity contribution in [3.05, 3.63) is 39.9 Å². The lowest BCUT2D eigenvalue weighted by Gasteiger charge is -2.32. The van der Waals surface area contributed by atoms with E-state index in [1.54, 1.807) is 12.1 Å². The maximum atomic E-state index is 11.3. The third-order valence-corrected chi connectivity index (χ3v) is 5.49. The van der Waals surface area contributed by atoms with Gasteiger partial charge in [-0.05, 0) is 25.3 Å². The second-order valence-corrected chi connectivity index (χ2v) is 7.49. The number of anilines is 2. The molecular formula is C20H25N5O4. The minimum Gasteiger partial charge on any atom is -0.393 e. The van der Waals surface area contributed by atoms with Gasteiger partial charge < -0.3 is 19.6 Å². The van der Waals surface area contributed by atoms with Gasteiger partial charge in [-0.3, -0.25) is 10.1 Å². The summed E-state index contributed by atoms with van der Waals surface area (Å²) >= 11 is 0. The van der Waals surface area contributed by atoms with Crippen molar-refractivity contribution in [3.8, 4) is 11.3 Å². The van der Waals surface area contributed by atoms with E-state index in [2.05, 4.69) is 9.80 Å². The molecule has 2 fully saturated rings. The van der Waals surface area contributed by atoms with E-state index < -0.39 is 0 Å². The maximum Gasteiger partial charge on any atom is 0.270 e. The second-order valence-electron chi connectivity index (χ2n) is 7.49. The predicted molar refractivity (Wildman–Crippen MR) is 109 cm³/mol. The van der Waals surface area contributed by atoms with Crippen LogP contribution in [-0.2, 0) is 4.74 Å². The smallest absolute Gasteiger partial charge is 0.270 e. The van der Waals surface area contributed by atoms with E-state index in [9.17, 15) is 15.2 Å². The Hall–Kier alpha value is -2.78. The molecule has 0 radical (unpaired) electrons. The Bertz CT molecular complexity index is 892. The lowest BCUT2D eigenvalue weighted by atomic mass is 10.0. The molecule has 2 aliphatic heterocycles. The van der Waals surface area contributed by atoms with Gasteiger partial charge in [-0.25, -0.2) is 4.98 Å². The Labute approximate surface area is 169 Å². The largest absolute Gasteiger partial charge is 0.393 e. The highest BCUT2D eigenvalue weighted by Gasteiger charge is 2.23. The number of aryl methyl sites for hydroxylation is 1. The third-order valence-electron chi connectivity index (χ3n) is 5.49. The standard InChI is InChI=1S/C20H25N5O4/c1-14-2-3-15(25(27)28)12-17(14)18-13-19(23-8-10-29-11-9-23)22-20(21-18)24-6-4-16(26)5-7-24/h2-3,12-13,16,26H,4-11H2,1H3. The first-order valence-electron chi connectivity index (χ1n) is 9.91. The molecule has 4 rings (SSSR count). The number of ether oxygens (including phenoxy) is 1. The molecule has 1 N–H and O–H groups in total. The van der Waals surface area contributed by atoms with Crippen LogP contribution in [0.1, 0.15) is 18.4 Å². The number of benzene rings is 1. The SMILES string of the molecule is Cc1ccc([N+](=O)[O-])cc1-c1cc(N2CCOCC2)nc(N2CCC(O)CC2)n1. The van der Waals surface area contributed by atoms with Crippen LogP contribution in [0.25, 0.3) is 11.3 Å². The summed E-state index contributed by atoms with van der Waals surface area (Å²) in [5.41, 5.74) is 2.36. The van der Waals surface area contributed by atoms with E-state index in [-0.39, 0.29) is 16.7 Å². The minimum atomic E-state index is -0.389. The molecule has 9 heteroatoms. The van der Waals surface area contributed by atoms with Crippen molar-refractivity contribution in [1.29, 1.82) is 0 Å². The topological polar surface area (TPSA) is 105 Å². The van der Waals surface area contributed by atoms with Crippen molar-refractivity contribution < 1.29 is 14.8 Å². The van der Waals surface area contributed by atoms with Gasteiger partial charge in [-0.1, -0.05) is 6.07 Å². The molecule has 0 amide bonds. The van der Waals surface area contributed by atoms with Crippen molar-refractivity contribution in [2.45, 2.75) is 25.9 Å². The summed E-state index contributed by atoms with van der Waals surface area (Å²) in [6.45, 7) is 6.04. The first-order chi connectivity index (χ1) is 14.0. The van der Waals surface area contributed by atoms with Crippen LogP contribution in [0, 0.1) is 17.0 Å². The van der Waals surface area contributed by atoms with Crippen molar-refractivity contribution in [3.63, 3.8) is 0 Å². The van der Waals surface area contributed by atoms with E-state index in [1.807, 2.05) is 13.0 Å². The summed E-state index contributed by atoms with van der Waals surface area (Å²) in [6.07, 6.45) is 1.07. The van der Waals surface area contributed by atoms with Crippen LogP contribution in [0.4, 0.5) is 17.5 Å². The number of rotatable bonds is 4. The zero-order valence-electron chi connectivity index (χ0n) is 16.5. The van der Waals surface area contributed by atoms with E-state index >= 15 is 0 Å². The molecule has 0 spiro atoms. The first-order valence-corrected chi connectivity index (χ1v) is 9.91. The fourth-order valence-corrected chi connectivity index (χ4v) is 3.72. The monoisotopic (exact) mass is 399 g/mol. The van der Waals surface area contributed by atoms with Gasteiger partial charge in [0.15, 0.2) is 0 Å². The van der Waals surface area contributed by atoms with Gasteiger partial charge >= 0.3 is 0 Å². The predicted octanol–water partition coefficient (Wildman–Crippen LogP) is 2.16. The molecule has 3 heterocycles. The first kappa shape index (κ1) is 19.5. The van der Waals surface area contributed by atoms with Crippen LogP contribution in [0.15, 0.2) is 24.3 Å². The molecule has 0 atom stereocenters. The Morgan fingerprint density at radius 1 is 1.10 bits per heavy atom.